The number of aromatic nitrogens is 1. The molecular formula is C21H20F5NO3S. The molecule has 1 fully saturated rings. The van der Waals surface area contributed by atoms with Gasteiger partial charge in [0, 0.05) is 11.6 Å². The van der Waals surface area contributed by atoms with Crippen molar-refractivity contribution in [1.82, 2.24) is 4.98 Å². The summed E-state index contributed by atoms with van der Waals surface area (Å²) in [6.07, 6.45) is -1.78. The Morgan fingerprint density at radius 3 is 2.39 bits per heavy atom. The minimum atomic E-state index is -5.02. The number of sulfone groups is 1. The van der Waals surface area contributed by atoms with Gasteiger partial charge in [0.2, 0.25) is 0 Å². The third kappa shape index (κ3) is 5.12. The number of rotatable bonds is 5. The highest BCUT2D eigenvalue weighted by Gasteiger charge is 2.39. The van der Waals surface area contributed by atoms with Crippen molar-refractivity contribution in [2.75, 3.05) is 5.75 Å². The van der Waals surface area contributed by atoms with E-state index in [0.29, 0.717) is 31.2 Å². The summed E-state index contributed by atoms with van der Waals surface area (Å²) in [4.78, 5) is 2.57. The van der Waals surface area contributed by atoms with Gasteiger partial charge < -0.3 is 5.11 Å². The fourth-order valence-electron chi connectivity index (χ4n) is 3.75. The summed E-state index contributed by atoms with van der Waals surface area (Å²) in [6.45, 7) is 3.54. The number of benzene rings is 1. The van der Waals surface area contributed by atoms with Crippen LogP contribution in [0.1, 0.15) is 31.2 Å². The Hall–Kier alpha value is -2.33. The lowest BCUT2D eigenvalue weighted by molar-refractivity contribution is -0.139. The van der Waals surface area contributed by atoms with Crippen molar-refractivity contribution in [1.29, 1.82) is 0 Å². The second kappa shape index (κ2) is 8.31. The number of halogens is 5. The molecule has 1 aromatic heterocycles. The molecule has 3 rings (SSSR count). The summed E-state index contributed by atoms with van der Waals surface area (Å²) in [5.74, 6) is -3.08. The Morgan fingerprint density at radius 2 is 1.84 bits per heavy atom. The molecule has 0 unspecified atom stereocenters. The first kappa shape index (κ1) is 23.3. The molecule has 1 aliphatic rings. The molecule has 0 aliphatic heterocycles. The zero-order valence-corrected chi connectivity index (χ0v) is 17.1. The molecule has 0 amide bonds. The average Bonchev–Trinajstić information content (AvgIpc) is 2.69. The molecule has 1 heterocycles. The molecule has 0 atom stereocenters. The Balaban J connectivity index is 1.95. The number of pyridine rings is 1. The van der Waals surface area contributed by atoms with E-state index in [1.165, 1.54) is 6.08 Å². The van der Waals surface area contributed by atoms with Crippen LogP contribution in [0, 0.1) is 17.6 Å². The van der Waals surface area contributed by atoms with E-state index in [1.54, 1.807) is 0 Å². The van der Waals surface area contributed by atoms with Crippen molar-refractivity contribution in [2.24, 2.45) is 5.92 Å². The van der Waals surface area contributed by atoms with Gasteiger partial charge in [0.15, 0.2) is 15.7 Å². The molecule has 2 aromatic rings. The van der Waals surface area contributed by atoms with Gasteiger partial charge in [0.05, 0.1) is 28.0 Å². The smallest absolute Gasteiger partial charge is 0.386 e. The van der Waals surface area contributed by atoms with Gasteiger partial charge >= 0.3 is 6.18 Å². The van der Waals surface area contributed by atoms with Crippen LogP contribution in [0.15, 0.2) is 48.0 Å². The van der Waals surface area contributed by atoms with Crippen molar-refractivity contribution in [3.05, 3.63) is 60.3 Å². The quantitative estimate of drug-likeness (QED) is 0.507. The van der Waals surface area contributed by atoms with Crippen molar-refractivity contribution >= 4 is 9.84 Å². The first-order valence-corrected chi connectivity index (χ1v) is 11.1. The number of nitrogens with zero attached hydrogens (tertiary/aromatic N) is 1. The Labute approximate surface area is 176 Å². The molecule has 168 valence electrons. The van der Waals surface area contributed by atoms with Crippen molar-refractivity contribution in [2.45, 2.75) is 42.4 Å². The summed E-state index contributed by atoms with van der Waals surface area (Å²) in [5.41, 5.74) is -3.37. The van der Waals surface area contributed by atoms with Crippen molar-refractivity contribution in [3.63, 3.8) is 0 Å². The monoisotopic (exact) mass is 461 g/mol. The highest BCUT2D eigenvalue weighted by Crippen LogP contribution is 2.39. The normalized spacial score (nSPS) is 22.3. The second-order valence-electron chi connectivity index (χ2n) is 7.73. The van der Waals surface area contributed by atoms with Crippen LogP contribution < -0.4 is 0 Å². The maximum Gasteiger partial charge on any atom is 0.417 e. The first-order chi connectivity index (χ1) is 14.3. The van der Waals surface area contributed by atoms with E-state index in [0.717, 1.165) is 12.1 Å². The molecule has 10 heteroatoms. The molecule has 0 bridgehead atoms. The van der Waals surface area contributed by atoms with Gasteiger partial charge in [-0.25, -0.2) is 17.2 Å². The zero-order chi connectivity index (χ0) is 23.0. The van der Waals surface area contributed by atoms with E-state index < -0.39 is 61.1 Å². The Kier molecular flexibility index (Phi) is 6.25. The summed E-state index contributed by atoms with van der Waals surface area (Å²) in [5, 5.41) is 10.2. The summed E-state index contributed by atoms with van der Waals surface area (Å²) < 4.78 is 93.8. The zero-order valence-electron chi connectivity index (χ0n) is 16.3. The van der Waals surface area contributed by atoms with Crippen LogP contribution in [-0.4, -0.2) is 29.9 Å². The van der Waals surface area contributed by atoms with Crippen LogP contribution in [-0.2, 0) is 16.0 Å². The van der Waals surface area contributed by atoms with Gasteiger partial charge in [0.25, 0.3) is 0 Å². The van der Waals surface area contributed by atoms with Gasteiger partial charge in [-0.2, -0.15) is 13.2 Å². The lowest BCUT2D eigenvalue weighted by atomic mass is 9.80. The van der Waals surface area contributed by atoms with Crippen LogP contribution in [0.25, 0.3) is 11.3 Å². The minimum absolute atomic E-state index is 0.275. The van der Waals surface area contributed by atoms with E-state index >= 15 is 0 Å². The minimum Gasteiger partial charge on any atom is -0.386 e. The average molecular weight is 461 g/mol. The number of hydrogen-bond donors (Lipinski definition) is 1. The van der Waals surface area contributed by atoms with Gasteiger partial charge in [0.1, 0.15) is 11.5 Å². The van der Waals surface area contributed by atoms with Gasteiger partial charge in [-0.1, -0.05) is 12.1 Å². The fourth-order valence-corrected chi connectivity index (χ4v) is 5.66. The van der Waals surface area contributed by atoms with E-state index in [1.807, 2.05) is 0 Å². The molecule has 1 saturated carbocycles. The van der Waals surface area contributed by atoms with Crippen LogP contribution in [0.2, 0.25) is 0 Å². The van der Waals surface area contributed by atoms with E-state index in [-0.39, 0.29) is 18.4 Å². The lowest BCUT2D eigenvalue weighted by Crippen LogP contribution is -2.33. The first-order valence-electron chi connectivity index (χ1n) is 9.46. The maximum atomic E-state index is 14.0. The molecule has 1 N–H and O–H groups in total. The number of alkyl halides is 3. The summed E-state index contributed by atoms with van der Waals surface area (Å²) in [7, 11) is -4.34. The van der Waals surface area contributed by atoms with E-state index in [2.05, 4.69) is 11.6 Å². The van der Waals surface area contributed by atoms with Gasteiger partial charge in [-0.15, -0.1) is 6.58 Å². The SMILES string of the molecule is C=CC1(O)CCC(CS(=O)(=O)c2ccc(-c3ncc(F)cc3F)cc2C(F)(F)F)CC1. The molecule has 0 radical (unpaired) electrons. The second-order valence-corrected chi connectivity index (χ2v) is 9.73. The fraction of sp³-hybridized carbons (Fsp3) is 0.381. The molecule has 1 aromatic carbocycles. The molecule has 0 spiro atoms. The highest BCUT2D eigenvalue weighted by molar-refractivity contribution is 7.91. The topological polar surface area (TPSA) is 67.3 Å². The number of aliphatic hydroxyl groups is 1. The lowest BCUT2D eigenvalue weighted by Gasteiger charge is -2.33. The van der Waals surface area contributed by atoms with E-state index in [4.69, 9.17) is 0 Å². The predicted molar refractivity (Wildman–Crippen MR) is 104 cm³/mol. The van der Waals surface area contributed by atoms with Crippen LogP contribution in [0.4, 0.5) is 22.0 Å². The standard InChI is InChI=1S/C21H20F5NO3S/c1-2-20(28)7-5-13(6-8-20)12-31(29,30)18-4-3-14(9-16(18)21(24,25)26)19-17(23)10-15(22)11-27-19/h2-4,9-11,13,28H,1,5-8,12H2. The third-order valence-electron chi connectivity index (χ3n) is 5.51. The Bertz CT molecular complexity index is 1090. The molecule has 31 heavy (non-hydrogen) atoms. The molecule has 4 nitrogen and oxygen atoms in total. The van der Waals surface area contributed by atoms with Crippen LogP contribution >= 0.6 is 0 Å². The van der Waals surface area contributed by atoms with Crippen molar-refractivity contribution < 1.29 is 35.5 Å². The third-order valence-corrected chi connectivity index (χ3v) is 7.44. The maximum absolute atomic E-state index is 14.0. The van der Waals surface area contributed by atoms with Gasteiger partial charge in [-0.05, 0) is 43.7 Å². The molecular weight excluding hydrogens is 441 g/mol. The van der Waals surface area contributed by atoms with Gasteiger partial charge in [-0.3, -0.25) is 4.98 Å². The molecule has 1 aliphatic carbocycles. The Morgan fingerprint density at radius 1 is 1.19 bits per heavy atom. The van der Waals surface area contributed by atoms with Crippen LogP contribution in [0.3, 0.4) is 0 Å². The van der Waals surface area contributed by atoms with Crippen LogP contribution in [0.5, 0.6) is 0 Å². The summed E-state index contributed by atoms with van der Waals surface area (Å²) >= 11 is 0. The highest BCUT2D eigenvalue weighted by atomic mass is 32.2. The van der Waals surface area contributed by atoms with Crippen molar-refractivity contribution in [3.8, 4) is 11.3 Å². The largest absolute Gasteiger partial charge is 0.417 e. The number of hydrogen-bond acceptors (Lipinski definition) is 4. The molecule has 0 saturated heterocycles. The predicted octanol–water partition coefficient (Wildman–Crippen LogP) is 4.93. The summed E-state index contributed by atoms with van der Waals surface area (Å²) in [6, 6.07) is 2.78. The van der Waals surface area contributed by atoms with E-state index in [9.17, 15) is 35.5 Å².